The number of nitrogens with one attached hydrogen (secondary N) is 2. The Morgan fingerprint density at radius 2 is 1.20 bits per heavy atom. The molecule has 0 atom stereocenters. The van der Waals surface area contributed by atoms with Crippen LogP contribution in [0.5, 0.6) is 17.2 Å². The zero-order chi connectivity index (χ0) is 33.8. The van der Waals surface area contributed by atoms with Crippen molar-refractivity contribution in [1.82, 2.24) is 0 Å². The predicted octanol–water partition coefficient (Wildman–Crippen LogP) is 8.56. The Labute approximate surface area is 258 Å². The zero-order valence-electron chi connectivity index (χ0n) is 24.3. The smallest absolute Gasteiger partial charge is 0.416 e. The van der Waals surface area contributed by atoms with Gasteiger partial charge >= 0.3 is 24.4 Å². The van der Waals surface area contributed by atoms with Crippen LogP contribution in [0.15, 0.2) is 78.9 Å². The molecule has 46 heavy (non-hydrogen) atoms. The summed E-state index contributed by atoms with van der Waals surface area (Å²) >= 11 is 0. The summed E-state index contributed by atoms with van der Waals surface area (Å²) in [5.41, 5.74) is -1.55. The summed E-state index contributed by atoms with van der Waals surface area (Å²) in [4.78, 5) is 25.0. The van der Waals surface area contributed by atoms with Crippen LogP contribution < -0.4 is 24.8 Å². The first kappa shape index (κ1) is 33.5. The molecule has 0 heterocycles. The van der Waals surface area contributed by atoms with Gasteiger partial charge in [0.25, 0.3) is 0 Å². The number of urea groups is 1. The highest BCUT2D eigenvalue weighted by Gasteiger charge is 2.32. The number of aromatic carboxylic acids is 1. The van der Waals surface area contributed by atoms with Crippen LogP contribution in [0.3, 0.4) is 0 Å². The fourth-order valence-corrected chi connectivity index (χ4v) is 4.51. The number of alkyl halides is 6. The van der Waals surface area contributed by atoms with Crippen molar-refractivity contribution in [3.8, 4) is 17.2 Å². The van der Waals surface area contributed by atoms with Gasteiger partial charge in [-0.15, -0.1) is 0 Å². The number of carbonyl (C=O) groups excluding carboxylic acids is 1. The maximum atomic E-state index is 13.2. The number of benzene rings is 4. The molecule has 4 aromatic carbocycles. The van der Waals surface area contributed by atoms with Crippen LogP contribution in [0.4, 0.5) is 42.5 Å². The average molecular weight is 649 g/mol. The first-order chi connectivity index (χ1) is 21.6. The van der Waals surface area contributed by atoms with E-state index in [0.717, 1.165) is 54.6 Å². The van der Waals surface area contributed by atoms with Crippen LogP contribution in [-0.4, -0.2) is 31.3 Å². The summed E-state index contributed by atoms with van der Waals surface area (Å²) in [5, 5.41) is 15.1. The fourth-order valence-electron chi connectivity index (χ4n) is 4.51. The average Bonchev–Trinajstić information content (AvgIpc) is 2.99. The van der Waals surface area contributed by atoms with Gasteiger partial charge in [0.1, 0.15) is 17.4 Å². The van der Waals surface area contributed by atoms with Gasteiger partial charge in [-0.3, -0.25) is 0 Å². The molecule has 0 radical (unpaired) electrons. The number of carboxylic acid groups (broad SMARTS) is 1. The lowest BCUT2D eigenvalue weighted by atomic mass is 9.98. The molecule has 0 bridgehead atoms. The Morgan fingerprint density at radius 1 is 0.696 bits per heavy atom. The predicted molar refractivity (Wildman–Crippen MR) is 156 cm³/mol. The van der Waals surface area contributed by atoms with Gasteiger partial charge in [-0.2, -0.15) is 26.3 Å². The molecule has 0 fully saturated rings. The van der Waals surface area contributed by atoms with E-state index >= 15 is 0 Å². The molecule has 0 aliphatic rings. The van der Waals surface area contributed by atoms with E-state index in [9.17, 15) is 41.0 Å². The molecular formula is C32H26F6N2O6. The second-order valence-electron chi connectivity index (χ2n) is 9.86. The number of halogens is 6. The SMILES string of the molecule is COc1ccc(NC(=O)Nc2cc(C)c(OC(c3ccc(C(F)(F)F)cc3)c3ccc(C(F)(F)F)cc3)c(C(=O)O)c2)cc1OC. The number of ether oxygens (including phenoxy) is 3. The highest BCUT2D eigenvalue weighted by Crippen LogP contribution is 2.38. The van der Waals surface area contributed by atoms with E-state index in [2.05, 4.69) is 10.6 Å². The molecule has 0 saturated carbocycles. The Hall–Kier alpha value is -5.40. The maximum Gasteiger partial charge on any atom is 0.416 e. The Morgan fingerprint density at radius 3 is 1.65 bits per heavy atom. The van der Waals surface area contributed by atoms with Gasteiger partial charge in [0, 0.05) is 17.4 Å². The molecule has 4 rings (SSSR count). The van der Waals surface area contributed by atoms with Crippen LogP contribution >= 0.6 is 0 Å². The third-order valence-corrected chi connectivity index (χ3v) is 6.72. The van der Waals surface area contributed by atoms with Crippen molar-refractivity contribution in [1.29, 1.82) is 0 Å². The third-order valence-electron chi connectivity index (χ3n) is 6.72. The van der Waals surface area contributed by atoms with Crippen LogP contribution in [-0.2, 0) is 12.4 Å². The standard InChI is InChI=1S/C32H26F6N2O6/c1-17-14-23(40-30(43)39-22-12-13-25(44-2)26(16-22)45-3)15-24(29(41)42)27(17)46-28(18-4-8-20(9-5-18)31(33,34)35)19-6-10-21(11-7-19)32(36,37)38/h4-16,28H,1-3H3,(H,41,42)(H2,39,40,43). The molecule has 242 valence electrons. The topological polar surface area (TPSA) is 106 Å². The molecular weight excluding hydrogens is 622 g/mol. The molecule has 0 unspecified atom stereocenters. The number of carboxylic acids is 1. The summed E-state index contributed by atoms with van der Waals surface area (Å²) in [5.74, 6) is -0.915. The lowest BCUT2D eigenvalue weighted by Gasteiger charge is -2.24. The van der Waals surface area contributed by atoms with E-state index < -0.39 is 47.1 Å². The third kappa shape index (κ3) is 7.81. The minimum atomic E-state index is -4.65. The highest BCUT2D eigenvalue weighted by atomic mass is 19.4. The summed E-state index contributed by atoms with van der Waals surface area (Å²) in [7, 11) is 2.86. The molecule has 0 saturated heterocycles. The van der Waals surface area contributed by atoms with Crippen molar-refractivity contribution >= 4 is 23.4 Å². The molecule has 2 amide bonds. The number of aryl methyl sites for hydroxylation is 1. The number of rotatable bonds is 9. The Kier molecular flexibility index (Phi) is 9.69. The first-order valence-corrected chi connectivity index (χ1v) is 13.3. The van der Waals surface area contributed by atoms with Crippen LogP contribution in [0.1, 0.15) is 44.3 Å². The second kappa shape index (κ2) is 13.3. The van der Waals surface area contributed by atoms with Crippen molar-refractivity contribution in [2.75, 3.05) is 24.9 Å². The largest absolute Gasteiger partial charge is 0.493 e. The van der Waals surface area contributed by atoms with Crippen molar-refractivity contribution in [2.45, 2.75) is 25.4 Å². The number of methoxy groups -OCH3 is 2. The van der Waals surface area contributed by atoms with E-state index in [0.29, 0.717) is 17.2 Å². The van der Waals surface area contributed by atoms with Crippen molar-refractivity contribution in [3.05, 3.63) is 112 Å². The minimum Gasteiger partial charge on any atom is -0.493 e. The Balaban J connectivity index is 1.67. The number of anilines is 2. The van der Waals surface area contributed by atoms with Gasteiger partial charge in [0.2, 0.25) is 0 Å². The van der Waals surface area contributed by atoms with E-state index in [-0.39, 0.29) is 28.1 Å². The summed E-state index contributed by atoms with van der Waals surface area (Å²) in [6, 6.07) is 13.9. The van der Waals surface area contributed by atoms with E-state index in [1.54, 1.807) is 12.1 Å². The monoisotopic (exact) mass is 648 g/mol. The lowest BCUT2D eigenvalue weighted by molar-refractivity contribution is -0.138. The molecule has 0 aromatic heterocycles. The van der Waals surface area contributed by atoms with Gasteiger partial charge < -0.3 is 30.0 Å². The molecule has 4 aromatic rings. The van der Waals surface area contributed by atoms with Crippen molar-refractivity contribution < 1.29 is 55.2 Å². The molecule has 3 N–H and O–H groups in total. The fraction of sp³-hybridized carbons (Fsp3) is 0.188. The molecule has 0 aliphatic carbocycles. The molecule has 14 heteroatoms. The van der Waals surface area contributed by atoms with Gasteiger partial charge in [-0.05, 0) is 72.1 Å². The summed E-state index contributed by atoms with van der Waals surface area (Å²) in [6.45, 7) is 1.47. The quantitative estimate of drug-likeness (QED) is 0.157. The second-order valence-corrected chi connectivity index (χ2v) is 9.86. The van der Waals surface area contributed by atoms with Gasteiger partial charge in [0.05, 0.1) is 25.3 Å². The van der Waals surface area contributed by atoms with Gasteiger partial charge in [-0.25, -0.2) is 9.59 Å². The first-order valence-electron chi connectivity index (χ1n) is 13.3. The Bertz CT molecular complexity index is 1660. The molecule has 8 nitrogen and oxygen atoms in total. The van der Waals surface area contributed by atoms with Crippen molar-refractivity contribution in [2.24, 2.45) is 0 Å². The number of carbonyl (C=O) groups is 2. The maximum absolute atomic E-state index is 13.2. The number of hydrogen-bond acceptors (Lipinski definition) is 5. The van der Waals surface area contributed by atoms with Gasteiger partial charge in [-0.1, -0.05) is 24.3 Å². The number of amides is 2. The van der Waals surface area contributed by atoms with Crippen LogP contribution in [0.25, 0.3) is 0 Å². The summed E-state index contributed by atoms with van der Waals surface area (Å²) in [6.07, 6.45) is -10.6. The molecule has 0 aliphatic heterocycles. The molecule has 0 spiro atoms. The minimum absolute atomic E-state index is 0.0563. The highest BCUT2D eigenvalue weighted by molar-refractivity contribution is 6.01. The summed E-state index contributed by atoms with van der Waals surface area (Å²) < 4.78 is 95.7. The number of hydrogen-bond donors (Lipinski definition) is 3. The van der Waals surface area contributed by atoms with E-state index in [4.69, 9.17) is 14.2 Å². The van der Waals surface area contributed by atoms with Crippen molar-refractivity contribution in [3.63, 3.8) is 0 Å². The van der Waals surface area contributed by atoms with E-state index in [1.807, 2.05) is 0 Å². The zero-order valence-corrected chi connectivity index (χ0v) is 24.3. The lowest BCUT2D eigenvalue weighted by Crippen LogP contribution is -2.20. The normalized spacial score (nSPS) is 11.6. The van der Waals surface area contributed by atoms with Crippen LogP contribution in [0.2, 0.25) is 0 Å². The van der Waals surface area contributed by atoms with E-state index in [1.165, 1.54) is 33.3 Å². The van der Waals surface area contributed by atoms with Crippen LogP contribution in [0, 0.1) is 6.92 Å². The van der Waals surface area contributed by atoms with Gasteiger partial charge in [0.15, 0.2) is 11.5 Å².